The van der Waals surface area contributed by atoms with Crippen LogP contribution in [0.2, 0.25) is 0 Å². The number of nitrogens with zero attached hydrogens (tertiary/aromatic N) is 3. The number of aromatic nitrogens is 1. The lowest BCUT2D eigenvalue weighted by Crippen LogP contribution is -2.34. The van der Waals surface area contributed by atoms with Crippen molar-refractivity contribution in [3.05, 3.63) is 48.3 Å². The third kappa shape index (κ3) is 7.01. The number of anilines is 1. The zero-order chi connectivity index (χ0) is 19.5. The molecule has 0 spiro atoms. The Balaban J connectivity index is 2.98. The van der Waals surface area contributed by atoms with Gasteiger partial charge in [0.2, 0.25) is 0 Å². The minimum atomic E-state index is -0.360. The molecule has 0 N–H and O–H groups in total. The molecule has 26 heavy (non-hydrogen) atoms. The van der Waals surface area contributed by atoms with E-state index >= 15 is 0 Å². The second-order valence-electron chi connectivity index (χ2n) is 5.71. The van der Waals surface area contributed by atoms with Crippen LogP contribution in [0.4, 0.5) is 5.82 Å². The largest absolute Gasteiger partial charge is 0.466 e. The number of allylic oxidation sites excluding steroid dienone is 1. The lowest BCUT2D eigenvalue weighted by molar-refractivity contribution is -0.142. The van der Waals surface area contributed by atoms with Crippen molar-refractivity contribution in [3.8, 4) is 0 Å². The van der Waals surface area contributed by atoms with Gasteiger partial charge in [0.25, 0.3) is 5.91 Å². The summed E-state index contributed by atoms with van der Waals surface area (Å²) in [5.41, 5.74) is 1.96. The van der Waals surface area contributed by atoms with Gasteiger partial charge in [-0.1, -0.05) is 19.6 Å². The van der Waals surface area contributed by atoms with Gasteiger partial charge in [-0.3, -0.25) is 19.5 Å². The fraction of sp³-hybridized carbons (Fsp3) is 0.400. The minimum absolute atomic E-state index is 0.0826. The highest BCUT2D eigenvalue weighted by Crippen LogP contribution is 2.15. The van der Waals surface area contributed by atoms with E-state index < -0.39 is 0 Å². The second kappa shape index (κ2) is 11.0. The van der Waals surface area contributed by atoms with Crippen molar-refractivity contribution in [2.75, 3.05) is 18.1 Å². The topological polar surface area (TPSA) is 71.9 Å². The molecule has 1 amide bonds. The highest BCUT2D eigenvalue weighted by atomic mass is 16.5. The SMILES string of the molecule is C=C(/C=C(C)/N=C(\C)CC)C(=O)N(CCC(=O)OCC)c1ccccn1. The van der Waals surface area contributed by atoms with Crippen molar-refractivity contribution in [2.24, 2.45) is 4.99 Å². The van der Waals surface area contributed by atoms with Crippen LogP contribution >= 0.6 is 0 Å². The van der Waals surface area contributed by atoms with Crippen molar-refractivity contribution in [3.63, 3.8) is 0 Å². The Morgan fingerprint density at radius 2 is 2.04 bits per heavy atom. The van der Waals surface area contributed by atoms with Crippen LogP contribution in [0.1, 0.15) is 40.5 Å². The van der Waals surface area contributed by atoms with Crippen LogP contribution in [0, 0.1) is 0 Å². The van der Waals surface area contributed by atoms with Crippen LogP contribution in [-0.4, -0.2) is 35.7 Å². The van der Waals surface area contributed by atoms with Gasteiger partial charge < -0.3 is 4.74 Å². The number of carbonyl (C=O) groups excluding carboxylic acids is 2. The smallest absolute Gasteiger partial charge is 0.307 e. The first-order valence-corrected chi connectivity index (χ1v) is 8.68. The number of hydrogen-bond donors (Lipinski definition) is 0. The summed E-state index contributed by atoms with van der Waals surface area (Å²) in [5.74, 6) is -0.222. The molecule has 0 aliphatic carbocycles. The summed E-state index contributed by atoms with van der Waals surface area (Å²) >= 11 is 0. The summed E-state index contributed by atoms with van der Waals surface area (Å²) in [4.78, 5) is 34.6. The Morgan fingerprint density at radius 1 is 1.31 bits per heavy atom. The van der Waals surface area contributed by atoms with Crippen molar-refractivity contribution in [1.82, 2.24) is 4.98 Å². The average Bonchev–Trinajstić information content (AvgIpc) is 2.62. The molecule has 0 aliphatic heterocycles. The normalized spacial score (nSPS) is 11.8. The Morgan fingerprint density at radius 3 is 2.62 bits per heavy atom. The molecule has 0 saturated heterocycles. The number of ether oxygens (including phenoxy) is 1. The Hall–Kier alpha value is -2.76. The predicted octanol–water partition coefficient (Wildman–Crippen LogP) is 3.70. The van der Waals surface area contributed by atoms with Crippen molar-refractivity contribution in [2.45, 2.75) is 40.5 Å². The van der Waals surface area contributed by atoms with Gasteiger partial charge in [-0.15, -0.1) is 0 Å². The molecule has 1 heterocycles. The number of carbonyl (C=O) groups is 2. The summed E-state index contributed by atoms with van der Waals surface area (Å²) in [6, 6.07) is 5.26. The molecule has 0 saturated carbocycles. The van der Waals surface area contributed by atoms with Crippen LogP contribution in [0.25, 0.3) is 0 Å². The molecule has 0 unspecified atom stereocenters. The lowest BCUT2D eigenvalue weighted by atomic mass is 10.2. The van der Waals surface area contributed by atoms with E-state index in [0.717, 1.165) is 12.1 Å². The van der Waals surface area contributed by atoms with E-state index in [1.807, 2.05) is 20.8 Å². The van der Waals surface area contributed by atoms with Gasteiger partial charge in [-0.25, -0.2) is 4.98 Å². The first-order valence-electron chi connectivity index (χ1n) is 8.68. The number of amides is 1. The van der Waals surface area contributed by atoms with Gasteiger partial charge in [0.1, 0.15) is 5.82 Å². The zero-order valence-corrected chi connectivity index (χ0v) is 16.0. The molecule has 140 valence electrons. The van der Waals surface area contributed by atoms with Crippen LogP contribution in [0.15, 0.2) is 53.3 Å². The first kappa shape index (κ1) is 21.3. The number of rotatable bonds is 9. The third-order valence-corrected chi connectivity index (χ3v) is 3.55. The first-order chi connectivity index (χ1) is 12.4. The molecule has 1 rings (SSSR count). The molecular weight excluding hydrogens is 330 g/mol. The standard InChI is InChI=1S/C20H27N3O3/c1-6-16(4)22-17(5)14-15(3)20(25)23(13-11-19(24)26-7-2)18-10-8-9-12-21-18/h8-10,12,14H,3,6-7,11,13H2,1-2,4-5H3/b17-14+,22-16+. The highest BCUT2D eigenvalue weighted by molar-refractivity contribution is 6.06. The maximum atomic E-state index is 12.8. The highest BCUT2D eigenvalue weighted by Gasteiger charge is 2.20. The monoisotopic (exact) mass is 357 g/mol. The molecule has 1 aromatic rings. The molecule has 6 nitrogen and oxygen atoms in total. The summed E-state index contributed by atoms with van der Waals surface area (Å²) in [7, 11) is 0. The van der Waals surface area contributed by atoms with Crippen LogP contribution in [-0.2, 0) is 14.3 Å². The fourth-order valence-corrected chi connectivity index (χ4v) is 2.17. The Labute approximate surface area is 155 Å². The molecule has 1 aromatic heterocycles. The van der Waals surface area contributed by atoms with Gasteiger partial charge in [0.05, 0.1) is 13.0 Å². The van der Waals surface area contributed by atoms with E-state index in [1.54, 1.807) is 37.4 Å². The number of pyridine rings is 1. The van der Waals surface area contributed by atoms with Crippen molar-refractivity contribution < 1.29 is 14.3 Å². The molecule has 0 bridgehead atoms. The molecule has 0 aliphatic rings. The minimum Gasteiger partial charge on any atom is -0.466 e. The molecular formula is C20H27N3O3. The van der Waals surface area contributed by atoms with Crippen molar-refractivity contribution in [1.29, 1.82) is 0 Å². The van der Waals surface area contributed by atoms with Gasteiger partial charge in [-0.05, 0) is 45.4 Å². The van der Waals surface area contributed by atoms with Gasteiger partial charge >= 0.3 is 5.97 Å². The maximum absolute atomic E-state index is 12.8. The van der Waals surface area contributed by atoms with Gasteiger partial charge in [-0.2, -0.15) is 0 Å². The molecule has 0 radical (unpaired) electrons. The quantitative estimate of drug-likeness (QED) is 0.292. The van der Waals surface area contributed by atoms with Crippen LogP contribution in [0.3, 0.4) is 0 Å². The fourth-order valence-electron chi connectivity index (χ4n) is 2.17. The van der Waals surface area contributed by atoms with E-state index in [0.29, 0.717) is 18.1 Å². The summed E-state index contributed by atoms with van der Waals surface area (Å²) < 4.78 is 4.94. The summed E-state index contributed by atoms with van der Waals surface area (Å²) in [5, 5.41) is 0. The van der Waals surface area contributed by atoms with E-state index in [4.69, 9.17) is 4.74 Å². The van der Waals surface area contributed by atoms with E-state index in [9.17, 15) is 9.59 Å². The second-order valence-corrected chi connectivity index (χ2v) is 5.71. The van der Waals surface area contributed by atoms with Gasteiger partial charge in [0, 0.05) is 29.7 Å². The van der Waals surface area contributed by atoms with E-state index in [2.05, 4.69) is 16.6 Å². The number of esters is 1. The van der Waals surface area contributed by atoms with Gasteiger partial charge in [0.15, 0.2) is 0 Å². The zero-order valence-electron chi connectivity index (χ0n) is 16.0. The third-order valence-electron chi connectivity index (χ3n) is 3.55. The molecule has 0 atom stereocenters. The lowest BCUT2D eigenvalue weighted by Gasteiger charge is -2.21. The van der Waals surface area contributed by atoms with Crippen LogP contribution < -0.4 is 4.90 Å². The predicted molar refractivity (Wildman–Crippen MR) is 104 cm³/mol. The Bertz CT molecular complexity index is 694. The molecule has 6 heteroatoms. The van der Waals surface area contributed by atoms with E-state index in [1.165, 1.54) is 4.90 Å². The van der Waals surface area contributed by atoms with E-state index in [-0.39, 0.29) is 30.4 Å². The van der Waals surface area contributed by atoms with Crippen LogP contribution in [0.5, 0.6) is 0 Å². The number of hydrogen-bond acceptors (Lipinski definition) is 5. The Kier molecular flexibility index (Phi) is 8.98. The van der Waals surface area contributed by atoms with Crippen molar-refractivity contribution >= 4 is 23.4 Å². The summed E-state index contributed by atoms with van der Waals surface area (Å²) in [6.45, 7) is 11.8. The summed E-state index contributed by atoms with van der Waals surface area (Å²) in [6.07, 6.45) is 4.16. The maximum Gasteiger partial charge on any atom is 0.307 e. The number of aliphatic imine (C=N–C) groups is 1. The molecule has 0 aromatic carbocycles. The average molecular weight is 357 g/mol. The molecule has 0 fully saturated rings.